The van der Waals surface area contributed by atoms with Crippen molar-refractivity contribution in [1.82, 2.24) is 0 Å². The Morgan fingerprint density at radius 2 is 1.70 bits per heavy atom. The lowest BCUT2D eigenvalue weighted by Gasteiger charge is -2.01. The number of esters is 1. The molecule has 0 aliphatic rings. The maximum Gasteiger partial charge on any atom is 0.313 e. The van der Waals surface area contributed by atoms with Gasteiger partial charge in [-0.05, 0) is 42.7 Å². The van der Waals surface area contributed by atoms with Crippen molar-refractivity contribution in [3.8, 4) is 0 Å². The molecule has 0 saturated carbocycles. The summed E-state index contributed by atoms with van der Waals surface area (Å²) in [4.78, 5) is 25.2. The van der Waals surface area contributed by atoms with E-state index in [1.165, 1.54) is 65.6 Å². The maximum atomic E-state index is 12.0. The first-order chi connectivity index (χ1) is 11.2. The van der Waals surface area contributed by atoms with E-state index in [9.17, 15) is 9.59 Å². The minimum absolute atomic E-state index is 0.130. The Hall–Kier alpha value is -0.430. The molecular weight excluding hydrogens is 423 g/mol. The fourth-order valence-corrected chi connectivity index (χ4v) is 3.90. The molecule has 1 aromatic heterocycles. The van der Waals surface area contributed by atoms with Gasteiger partial charge in [-0.1, -0.05) is 54.7 Å². The minimum atomic E-state index is -0.435. The number of unbranched alkanes of at least 4 members (excludes halogenated alkanes) is 6. The van der Waals surface area contributed by atoms with Gasteiger partial charge in [-0.15, -0.1) is 11.3 Å². The van der Waals surface area contributed by atoms with Crippen LogP contribution in [0.1, 0.15) is 72.8 Å². The molecule has 0 aliphatic carbocycles. The molecule has 0 aromatic carbocycles. The standard InChI is InChI=1S/C18H27IO3S/c1-2-22-18(21)14-16(20)17-12-11-15(23-17)10-8-6-4-3-5-7-9-13-19/h11-12H,2-10,13-14H2,1H3. The predicted molar refractivity (Wildman–Crippen MR) is 105 cm³/mol. The molecular formula is C18H27IO3S. The summed E-state index contributed by atoms with van der Waals surface area (Å²) in [6, 6.07) is 3.86. The van der Waals surface area contributed by atoms with Crippen molar-refractivity contribution in [2.24, 2.45) is 0 Å². The van der Waals surface area contributed by atoms with Gasteiger partial charge in [-0.3, -0.25) is 9.59 Å². The van der Waals surface area contributed by atoms with Crippen LogP contribution in [0.25, 0.3) is 0 Å². The highest BCUT2D eigenvalue weighted by atomic mass is 127. The van der Waals surface area contributed by atoms with E-state index in [2.05, 4.69) is 22.6 Å². The van der Waals surface area contributed by atoms with E-state index in [1.807, 2.05) is 12.1 Å². The summed E-state index contributed by atoms with van der Waals surface area (Å²) in [5.41, 5.74) is 0. The van der Waals surface area contributed by atoms with Gasteiger partial charge in [0.1, 0.15) is 6.42 Å². The van der Waals surface area contributed by atoms with Gasteiger partial charge in [0.05, 0.1) is 11.5 Å². The molecule has 1 aromatic rings. The largest absolute Gasteiger partial charge is 0.466 e. The van der Waals surface area contributed by atoms with Crippen molar-refractivity contribution >= 4 is 45.7 Å². The molecule has 0 spiro atoms. The van der Waals surface area contributed by atoms with Crippen molar-refractivity contribution in [1.29, 1.82) is 0 Å². The number of halogens is 1. The predicted octanol–water partition coefficient (Wildman–Crippen LogP) is 5.59. The van der Waals surface area contributed by atoms with E-state index in [4.69, 9.17) is 4.74 Å². The molecule has 0 bridgehead atoms. The highest BCUT2D eigenvalue weighted by molar-refractivity contribution is 14.1. The van der Waals surface area contributed by atoms with Crippen LogP contribution < -0.4 is 0 Å². The van der Waals surface area contributed by atoms with E-state index < -0.39 is 5.97 Å². The van der Waals surface area contributed by atoms with Gasteiger partial charge in [-0.2, -0.15) is 0 Å². The monoisotopic (exact) mass is 450 g/mol. The SMILES string of the molecule is CCOC(=O)CC(=O)c1ccc(CCCCCCCCCI)s1. The van der Waals surface area contributed by atoms with Crippen molar-refractivity contribution in [2.75, 3.05) is 11.0 Å². The molecule has 0 atom stereocenters. The number of aryl methyl sites for hydroxylation is 1. The Morgan fingerprint density at radius 1 is 1.04 bits per heavy atom. The van der Waals surface area contributed by atoms with Gasteiger partial charge in [0.2, 0.25) is 0 Å². The number of rotatable bonds is 13. The summed E-state index contributed by atoms with van der Waals surface area (Å²) in [6.07, 6.45) is 10.0. The maximum absolute atomic E-state index is 12.0. The molecule has 0 amide bonds. The van der Waals surface area contributed by atoms with Crippen LogP contribution in [-0.2, 0) is 16.0 Å². The summed E-state index contributed by atoms with van der Waals surface area (Å²) >= 11 is 3.95. The Kier molecular flexibility index (Phi) is 11.6. The Morgan fingerprint density at radius 3 is 2.35 bits per heavy atom. The van der Waals surface area contributed by atoms with Crippen LogP contribution in [0.5, 0.6) is 0 Å². The topological polar surface area (TPSA) is 43.4 Å². The third kappa shape index (κ3) is 9.45. The lowest BCUT2D eigenvalue weighted by atomic mass is 10.1. The van der Waals surface area contributed by atoms with Crippen LogP contribution in [0.2, 0.25) is 0 Å². The molecule has 1 rings (SSSR count). The lowest BCUT2D eigenvalue weighted by molar-refractivity contribution is -0.141. The Balaban J connectivity index is 2.18. The zero-order chi connectivity index (χ0) is 16.9. The van der Waals surface area contributed by atoms with Crippen LogP contribution in [0.3, 0.4) is 0 Å². The van der Waals surface area contributed by atoms with E-state index in [0.717, 1.165) is 6.42 Å². The molecule has 0 unspecified atom stereocenters. The zero-order valence-corrected chi connectivity index (χ0v) is 16.9. The average molecular weight is 450 g/mol. The molecule has 23 heavy (non-hydrogen) atoms. The van der Waals surface area contributed by atoms with E-state index in [-0.39, 0.29) is 12.2 Å². The molecule has 0 fully saturated rings. The molecule has 1 heterocycles. The second-order valence-electron chi connectivity index (χ2n) is 5.58. The molecule has 130 valence electrons. The van der Waals surface area contributed by atoms with Crippen LogP contribution in [-0.4, -0.2) is 22.8 Å². The summed E-state index contributed by atoms with van der Waals surface area (Å²) in [5, 5.41) is 0. The summed E-state index contributed by atoms with van der Waals surface area (Å²) in [7, 11) is 0. The van der Waals surface area contributed by atoms with Gasteiger partial charge in [-0.25, -0.2) is 0 Å². The van der Waals surface area contributed by atoms with Crippen molar-refractivity contribution in [2.45, 2.75) is 64.7 Å². The molecule has 5 heteroatoms. The second kappa shape index (κ2) is 12.9. The first-order valence-corrected chi connectivity index (χ1v) is 10.8. The highest BCUT2D eigenvalue weighted by Gasteiger charge is 2.14. The van der Waals surface area contributed by atoms with Crippen molar-refractivity contribution in [3.05, 3.63) is 21.9 Å². The Labute approximate surface area is 157 Å². The summed E-state index contributed by atoms with van der Waals surface area (Å²) in [6.45, 7) is 2.06. The fourth-order valence-electron chi connectivity index (χ4n) is 2.37. The highest BCUT2D eigenvalue weighted by Crippen LogP contribution is 2.21. The number of hydrogen-bond acceptors (Lipinski definition) is 4. The third-order valence-electron chi connectivity index (χ3n) is 3.60. The van der Waals surface area contributed by atoms with Crippen LogP contribution in [0.4, 0.5) is 0 Å². The van der Waals surface area contributed by atoms with Crippen molar-refractivity contribution in [3.63, 3.8) is 0 Å². The normalized spacial score (nSPS) is 10.7. The number of thiophene rings is 1. The summed E-state index contributed by atoms with van der Waals surface area (Å²) in [5.74, 6) is -0.565. The molecule has 0 radical (unpaired) electrons. The second-order valence-corrected chi connectivity index (χ2v) is 7.83. The quantitative estimate of drug-likeness (QED) is 0.0983. The summed E-state index contributed by atoms with van der Waals surface area (Å²) < 4.78 is 6.08. The number of hydrogen-bond donors (Lipinski definition) is 0. The number of carbonyl (C=O) groups excluding carboxylic acids is 2. The lowest BCUT2D eigenvalue weighted by Crippen LogP contribution is -2.10. The Bertz CT molecular complexity index is 471. The van der Waals surface area contributed by atoms with Gasteiger partial charge in [0.15, 0.2) is 5.78 Å². The van der Waals surface area contributed by atoms with Crippen LogP contribution in [0, 0.1) is 0 Å². The van der Waals surface area contributed by atoms with Crippen LogP contribution >= 0.6 is 33.9 Å². The number of Topliss-reactive ketones (excluding diaryl/α,β-unsaturated/α-hetero) is 1. The smallest absolute Gasteiger partial charge is 0.313 e. The number of ether oxygens (including phenoxy) is 1. The third-order valence-corrected chi connectivity index (χ3v) is 5.55. The van der Waals surface area contributed by atoms with Crippen LogP contribution in [0.15, 0.2) is 12.1 Å². The first-order valence-electron chi connectivity index (χ1n) is 8.51. The first kappa shape index (κ1) is 20.6. The molecule has 0 saturated heterocycles. The van der Waals surface area contributed by atoms with Crippen molar-refractivity contribution < 1.29 is 14.3 Å². The average Bonchev–Trinajstić information content (AvgIpc) is 2.99. The molecule has 3 nitrogen and oxygen atoms in total. The minimum Gasteiger partial charge on any atom is -0.466 e. The zero-order valence-electron chi connectivity index (χ0n) is 13.9. The van der Waals surface area contributed by atoms with Gasteiger partial charge in [0, 0.05) is 4.88 Å². The molecule has 0 N–H and O–H groups in total. The van der Waals surface area contributed by atoms with Gasteiger partial charge in [0.25, 0.3) is 0 Å². The van der Waals surface area contributed by atoms with Gasteiger partial charge >= 0.3 is 5.97 Å². The van der Waals surface area contributed by atoms with E-state index in [1.54, 1.807) is 6.92 Å². The molecule has 0 aliphatic heterocycles. The van der Waals surface area contributed by atoms with E-state index >= 15 is 0 Å². The number of carbonyl (C=O) groups is 2. The number of alkyl halides is 1. The fraction of sp³-hybridized carbons (Fsp3) is 0.667. The van der Waals surface area contributed by atoms with E-state index in [0.29, 0.717) is 11.5 Å². The number of ketones is 1. The van der Waals surface area contributed by atoms with Gasteiger partial charge < -0.3 is 4.74 Å².